The van der Waals surface area contributed by atoms with Crippen molar-refractivity contribution in [1.29, 1.82) is 0 Å². The number of aromatic nitrogens is 2. The average molecular weight is 372 g/mol. The van der Waals surface area contributed by atoms with Crippen LogP contribution in [0.4, 0.5) is 5.69 Å². The maximum atomic E-state index is 12.9. The van der Waals surface area contributed by atoms with Gasteiger partial charge in [-0.05, 0) is 30.2 Å². The van der Waals surface area contributed by atoms with Crippen LogP contribution in [-0.2, 0) is 11.8 Å². The fourth-order valence-electron chi connectivity index (χ4n) is 2.35. The van der Waals surface area contributed by atoms with Crippen LogP contribution in [0.2, 0.25) is 5.02 Å². The summed E-state index contributed by atoms with van der Waals surface area (Å²) in [6.45, 7) is 1.93. The van der Waals surface area contributed by atoms with E-state index in [1.165, 1.54) is 11.8 Å². The number of hydrogen-bond acceptors (Lipinski definition) is 3. The van der Waals surface area contributed by atoms with Gasteiger partial charge in [-0.3, -0.25) is 4.79 Å². The van der Waals surface area contributed by atoms with E-state index >= 15 is 0 Å². The summed E-state index contributed by atoms with van der Waals surface area (Å²) < 4.78 is 1.90. The molecule has 3 rings (SSSR count). The molecule has 1 atom stereocenters. The smallest absolute Gasteiger partial charge is 0.242 e. The molecule has 0 bridgehead atoms. The second-order valence-electron chi connectivity index (χ2n) is 5.68. The lowest BCUT2D eigenvalue weighted by atomic mass is 10.1. The molecule has 2 aromatic carbocycles. The standard InChI is InChI=1S/C19H18ClN3OS/c1-13-8-9-15(12-16(13)20)22-18(24)17(14-6-4-3-5-7-14)25-19-21-10-11-23(19)2/h3-12,17H,1-2H3,(H,22,24)/t17-/m1/s1. The number of hydrogen-bond donors (Lipinski definition) is 1. The fraction of sp³-hybridized carbons (Fsp3) is 0.158. The van der Waals surface area contributed by atoms with Crippen LogP contribution in [0.3, 0.4) is 0 Å². The van der Waals surface area contributed by atoms with Crippen LogP contribution in [0.1, 0.15) is 16.4 Å². The third-order valence-corrected chi connectivity index (χ3v) is 5.51. The number of nitrogens with one attached hydrogen (secondary N) is 1. The third-order valence-electron chi connectivity index (χ3n) is 3.78. The van der Waals surface area contributed by atoms with Gasteiger partial charge in [0.25, 0.3) is 0 Å². The highest BCUT2D eigenvalue weighted by Gasteiger charge is 2.24. The zero-order valence-electron chi connectivity index (χ0n) is 13.9. The monoisotopic (exact) mass is 371 g/mol. The highest BCUT2D eigenvalue weighted by Crippen LogP contribution is 2.35. The van der Waals surface area contributed by atoms with Gasteiger partial charge in [-0.1, -0.05) is 59.8 Å². The van der Waals surface area contributed by atoms with Crippen LogP contribution >= 0.6 is 23.4 Å². The van der Waals surface area contributed by atoms with Gasteiger partial charge in [0, 0.05) is 30.2 Å². The molecule has 0 saturated heterocycles. The van der Waals surface area contributed by atoms with Gasteiger partial charge in [0.05, 0.1) is 0 Å². The number of rotatable bonds is 5. The van der Waals surface area contributed by atoms with E-state index in [2.05, 4.69) is 10.3 Å². The largest absolute Gasteiger partial charge is 0.329 e. The summed E-state index contributed by atoms with van der Waals surface area (Å²) >= 11 is 7.58. The normalized spacial score (nSPS) is 12.0. The van der Waals surface area contributed by atoms with Crippen molar-refractivity contribution in [3.8, 4) is 0 Å². The Morgan fingerprint density at radius 3 is 2.64 bits per heavy atom. The molecule has 128 valence electrons. The molecule has 1 heterocycles. The third kappa shape index (κ3) is 4.24. The summed E-state index contributed by atoms with van der Waals surface area (Å²) in [4.78, 5) is 17.3. The summed E-state index contributed by atoms with van der Waals surface area (Å²) in [6, 6.07) is 15.2. The Balaban J connectivity index is 1.86. The topological polar surface area (TPSA) is 46.9 Å². The molecule has 0 unspecified atom stereocenters. The van der Waals surface area contributed by atoms with Gasteiger partial charge >= 0.3 is 0 Å². The molecular weight excluding hydrogens is 354 g/mol. The molecule has 25 heavy (non-hydrogen) atoms. The van der Waals surface area contributed by atoms with Crippen LogP contribution < -0.4 is 5.32 Å². The number of imidazole rings is 1. The van der Waals surface area contributed by atoms with E-state index in [9.17, 15) is 4.79 Å². The molecule has 0 aliphatic heterocycles. The predicted octanol–water partition coefficient (Wildman–Crippen LogP) is 4.85. The van der Waals surface area contributed by atoms with E-state index in [1.807, 2.05) is 67.2 Å². The number of carbonyl (C=O) groups excluding carboxylic acids is 1. The lowest BCUT2D eigenvalue weighted by molar-refractivity contribution is -0.115. The minimum Gasteiger partial charge on any atom is -0.329 e. The van der Waals surface area contributed by atoms with Crippen molar-refractivity contribution in [2.45, 2.75) is 17.3 Å². The lowest BCUT2D eigenvalue weighted by Crippen LogP contribution is -2.19. The van der Waals surface area contributed by atoms with Gasteiger partial charge in [-0.25, -0.2) is 4.98 Å². The molecule has 0 saturated carbocycles. The minimum atomic E-state index is -0.414. The van der Waals surface area contributed by atoms with Crippen molar-refractivity contribution >= 4 is 35.0 Å². The SMILES string of the molecule is Cc1ccc(NC(=O)[C@H](Sc2nccn2C)c2ccccc2)cc1Cl. The van der Waals surface area contributed by atoms with Crippen molar-refractivity contribution < 1.29 is 4.79 Å². The first kappa shape index (κ1) is 17.6. The Morgan fingerprint density at radius 2 is 2.00 bits per heavy atom. The molecule has 1 amide bonds. The molecule has 1 aromatic heterocycles. The average Bonchev–Trinajstić information content (AvgIpc) is 3.01. The van der Waals surface area contributed by atoms with Gasteiger partial charge < -0.3 is 9.88 Å². The molecular formula is C19H18ClN3OS. The Bertz CT molecular complexity index is 879. The van der Waals surface area contributed by atoms with Crippen molar-refractivity contribution in [2.75, 3.05) is 5.32 Å². The number of anilines is 1. The lowest BCUT2D eigenvalue weighted by Gasteiger charge is -2.17. The summed E-state index contributed by atoms with van der Waals surface area (Å²) in [5.74, 6) is -0.112. The first-order valence-corrected chi connectivity index (χ1v) is 9.06. The number of carbonyl (C=O) groups is 1. The Kier molecular flexibility index (Phi) is 5.46. The van der Waals surface area contributed by atoms with E-state index in [1.54, 1.807) is 12.3 Å². The van der Waals surface area contributed by atoms with Crippen LogP contribution in [0.25, 0.3) is 0 Å². The van der Waals surface area contributed by atoms with Gasteiger partial charge in [0.2, 0.25) is 5.91 Å². The maximum absolute atomic E-state index is 12.9. The van der Waals surface area contributed by atoms with Crippen molar-refractivity contribution in [3.05, 3.63) is 77.1 Å². The zero-order valence-corrected chi connectivity index (χ0v) is 15.5. The number of benzene rings is 2. The van der Waals surface area contributed by atoms with Crippen molar-refractivity contribution in [1.82, 2.24) is 9.55 Å². The van der Waals surface area contributed by atoms with E-state index < -0.39 is 5.25 Å². The second-order valence-corrected chi connectivity index (χ2v) is 7.16. The molecule has 6 heteroatoms. The summed E-state index contributed by atoms with van der Waals surface area (Å²) in [5.41, 5.74) is 2.58. The Labute approximate surface area is 156 Å². The van der Waals surface area contributed by atoms with E-state index in [0.717, 1.165) is 16.3 Å². The van der Waals surface area contributed by atoms with Crippen LogP contribution in [0.5, 0.6) is 0 Å². The number of thioether (sulfide) groups is 1. The summed E-state index contributed by atoms with van der Waals surface area (Å²) in [5, 5.41) is 3.96. The van der Waals surface area contributed by atoms with Crippen LogP contribution in [-0.4, -0.2) is 15.5 Å². The molecule has 0 radical (unpaired) electrons. The van der Waals surface area contributed by atoms with Crippen LogP contribution in [0, 0.1) is 6.92 Å². The molecule has 0 aliphatic rings. The molecule has 4 nitrogen and oxygen atoms in total. The number of aryl methyl sites for hydroxylation is 2. The van der Waals surface area contributed by atoms with Gasteiger partial charge in [0.1, 0.15) is 5.25 Å². The minimum absolute atomic E-state index is 0.112. The molecule has 0 aliphatic carbocycles. The van der Waals surface area contributed by atoms with Gasteiger partial charge in [0.15, 0.2) is 5.16 Å². The molecule has 0 spiro atoms. The quantitative estimate of drug-likeness (QED) is 0.652. The fourth-order valence-corrected chi connectivity index (χ4v) is 3.55. The Hall–Kier alpha value is -2.24. The second kappa shape index (κ2) is 7.76. The van der Waals surface area contributed by atoms with Crippen LogP contribution in [0.15, 0.2) is 66.1 Å². The zero-order chi connectivity index (χ0) is 17.8. The molecule has 0 fully saturated rings. The Morgan fingerprint density at radius 1 is 1.24 bits per heavy atom. The summed E-state index contributed by atoms with van der Waals surface area (Å²) in [7, 11) is 1.91. The molecule has 1 N–H and O–H groups in total. The van der Waals surface area contributed by atoms with E-state index in [4.69, 9.17) is 11.6 Å². The number of amides is 1. The van der Waals surface area contributed by atoms with E-state index in [-0.39, 0.29) is 5.91 Å². The number of nitrogens with zero attached hydrogens (tertiary/aromatic N) is 2. The van der Waals surface area contributed by atoms with Crippen molar-refractivity contribution in [2.24, 2.45) is 7.05 Å². The first-order chi connectivity index (χ1) is 12.0. The highest BCUT2D eigenvalue weighted by molar-refractivity contribution is 8.00. The molecule has 3 aromatic rings. The van der Waals surface area contributed by atoms with Gasteiger partial charge in [-0.2, -0.15) is 0 Å². The predicted molar refractivity (Wildman–Crippen MR) is 103 cm³/mol. The highest BCUT2D eigenvalue weighted by atomic mass is 35.5. The van der Waals surface area contributed by atoms with Crippen molar-refractivity contribution in [3.63, 3.8) is 0 Å². The maximum Gasteiger partial charge on any atom is 0.242 e. The first-order valence-electron chi connectivity index (χ1n) is 7.80. The van der Waals surface area contributed by atoms with Gasteiger partial charge in [-0.15, -0.1) is 0 Å². The van der Waals surface area contributed by atoms with E-state index in [0.29, 0.717) is 10.7 Å². The summed E-state index contributed by atoms with van der Waals surface area (Å²) in [6.07, 6.45) is 3.59. The number of halogens is 1.